The molecule has 1 amide bonds. The average Bonchev–Trinajstić information content (AvgIpc) is 2.74. The maximum absolute atomic E-state index is 13.6. The van der Waals surface area contributed by atoms with Gasteiger partial charge in [-0.05, 0) is 13.0 Å². The Kier molecular flexibility index (Phi) is 3.34. The standard InChI is InChI=1S/C11H9FN4O4/c1-5-4-8(15-20-5)14-11(17)9-6(12)2-3-7(10(9)13)16(18)19/h2-4H,13H2,1H3,(H,14,15,17). The summed E-state index contributed by atoms with van der Waals surface area (Å²) in [6, 6.07) is 3.10. The smallest absolute Gasteiger partial charge is 0.293 e. The molecule has 0 aliphatic heterocycles. The number of nitrogens with one attached hydrogen (secondary N) is 1. The lowest BCUT2D eigenvalue weighted by molar-refractivity contribution is -0.384. The van der Waals surface area contributed by atoms with Gasteiger partial charge in [0.25, 0.3) is 11.6 Å². The molecule has 0 aliphatic rings. The Morgan fingerprint density at radius 3 is 2.80 bits per heavy atom. The number of nitrogen functional groups attached to an aromatic ring is 1. The predicted molar refractivity (Wildman–Crippen MR) is 66.7 cm³/mol. The van der Waals surface area contributed by atoms with Gasteiger partial charge in [0.05, 0.1) is 4.92 Å². The van der Waals surface area contributed by atoms with Crippen LogP contribution in [0, 0.1) is 22.9 Å². The van der Waals surface area contributed by atoms with Gasteiger partial charge in [-0.25, -0.2) is 4.39 Å². The molecule has 0 fully saturated rings. The molecule has 1 heterocycles. The van der Waals surface area contributed by atoms with E-state index in [4.69, 9.17) is 10.3 Å². The van der Waals surface area contributed by atoms with Gasteiger partial charge in [0.15, 0.2) is 5.82 Å². The lowest BCUT2D eigenvalue weighted by Crippen LogP contribution is -2.17. The molecule has 0 spiro atoms. The molecule has 0 saturated carbocycles. The highest BCUT2D eigenvalue weighted by atomic mass is 19.1. The van der Waals surface area contributed by atoms with Crippen LogP contribution in [-0.4, -0.2) is 16.0 Å². The molecule has 2 rings (SSSR count). The van der Waals surface area contributed by atoms with Crippen molar-refractivity contribution in [3.8, 4) is 0 Å². The van der Waals surface area contributed by atoms with Gasteiger partial charge in [0.2, 0.25) is 0 Å². The van der Waals surface area contributed by atoms with Crippen molar-refractivity contribution < 1.29 is 18.6 Å². The van der Waals surface area contributed by atoms with Gasteiger partial charge in [0.1, 0.15) is 22.8 Å². The molecule has 0 atom stereocenters. The summed E-state index contributed by atoms with van der Waals surface area (Å²) in [4.78, 5) is 21.8. The SMILES string of the molecule is Cc1cc(NC(=O)c2c(F)ccc([N+](=O)[O-])c2N)no1. The van der Waals surface area contributed by atoms with Crippen LogP contribution in [0.2, 0.25) is 0 Å². The fourth-order valence-corrected chi connectivity index (χ4v) is 1.58. The topological polar surface area (TPSA) is 124 Å². The molecule has 3 N–H and O–H groups in total. The van der Waals surface area contributed by atoms with Gasteiger partial charge in [0, 0.05) is 12.1 Å². The number of nitrogens with zero attached hydrogens (tertiary/aromatic N) is 2. The van der Waals surface area contributed by atoms with E-state index in [9.17, 15) is 19.3 Å². The van der Waals surface area contributed by atoms with Crippen molar-refractivity contribution in [2.45, 2.75) is 6.92 Å². The Morgan fingerprint density at radius 2 is 2.25 bits per heavy atom. The number of rotatable bonds is 3. The van der Waals surface area contributed by atoms with E-state index < -0.39 is 33.6 Å². The minimum atomic E-state index is -0.967. The zero-order valence-electron chi connectivity index (χ0n) is 10.2. The Morgan fingerprint density at radius 1 is 1.55 bits per heavy atom. The van der Waals surface area contributed by atoms with Crippen molar-refractivity contribution in [3.63, 3.8) is 0 Å². The van der Waals surface area contributed by atoms with Gasteiger partial charge < -0.3 is 15.6 Å². The first-order valence-corrected chi connectivity index (χ1v) is 5.37. The van der Waals surface area contributed by atoms with Crippen molar-refractivity contribution in [2.75, 3.05) is 11.1 Å². The molecule has 0 saturated heterocycles. The molecule has 0 radical (unpaired) electrons. The number of anilines is 2. The number of aryl methyl sites for hydroxylation is 1. The second-order valence-electron chi connectivity index (χ2n) is 3.89. The van der Waals surface area contributed by atoms with Crippen molar-refractivity contribution >= 4 is 23.1 Å². The van der Waals surface area contributed by atoms with Crippen molar-refractivity contribution in [1.82, 2.24) is 5.16 Å². The summed E-state index contributed by atoms with van der Waals surface area (Å²) in [6.07, 6.45) is 0. The number of nitro benzene ring substituents is 1. The molecule has 8 nitrogen and oxygen atoms in total. The van der Waals surface area contributed by atoms with Gasteiger partial charge in [-0.15, -0.1) is 0 Å². The zero-order chi connectivity index (χ0) is 14.9. The summed E-state index contributed by atoms with van der Waals surface area (Å²) in [5.74, 6) is -1.42. The summed E-state index contributed by atoms with van der Waals surface area (Å²) in [5, 5.41) is 16.4. The van der Waals surface area contributed by atoms with Crippen LogP contribution in [0.15, 0.2) is 22.7 Å². The molecule has 1 aromatic carbocycles. The van der Waals surface area contributed by atoms with E-state index in [2.05, 4.69) is 10.5 Å². The largest absolute Gasteiger partial charge is 0.392 e. The number of hydrogen-bond donors (Lipinski definition) is 2. The van der Waals surface area contributed by atoms with E-state index >= 15 is 0 Å². The number of carbonyl (C=O) groups excluding carboxylic acids is 1. The summed E-state index contributed by atoms with van der Waals surface area (Å²) in [6.45, 7) is 1.60. The van der Waals surface area contributed by atoms with Crippen LogP contribution in [0.1, 0.15) is 16.1 Å². The van der Waals surface area contributed by atoms with E-state index in [1.807, 2.05) is 0 Å². The molecular formula is C11H9FN4O4. The lowest BCUT2D eigenvalue weighted by atomic mass is 10.1. The molecule has 2 aromatic rings. The quantitative estimate of drug-likeness (QED) is 0.502. The average molecular weight is 280 g/mol. The Balaban J connectivity index is 2.38. The fraction of sp³-hybridized carbons (Fsp3) is 0.0909. The summed E-state index contributed by atoms with van der Waals surface area (Å²) >= 11 is 0. The monoisotopic (exact) mass is 280 g/mol. The predicted octanol–water partition coefficient (Wildman–Crippen LogP) is 1.86. The van der Waals surface area contributed by atoms with Crippen LogP contribution in [0.25, 0.3) is 0 Å². The van der Waals surface area contributed by atoms with Crippen LogP contribution < -0.4 is 11.1 Å². The highest BCUT2D eigenvalue weighted by Gasteiger charge is 2.24. The number of halogens is 1. The van der Waals surface area contributed by atoms with Gasteiger partial charge in [-0.3, -0.25) is 14.9 Å². The van der Waals surface area contributed by atoms with E-state index in [0.717, 1.165) is 12.1 Å². The minimum absolute atomic E-state index is 0.0535. The highest BCUT2D eigenvalue weighted by Crippen LogP contribution is 2.28. The number of aromatic nitrogens is 1. The number of amides is 1. The minimum Gasteiger partial charge on any atom is -0.392 e. The highest BCUT2D eigenvalue weighted by molar-refractivity contribution is 6.08. The third-order valence-electron chi connectivity index (χ3n) is 2.46. The van der Waals surface area contributed by atoms with Gasteiger partial charge >= 0.3 is 0 Å². The van der Waals surface area contributed by atoms with Crippen LogP contribution >= 0.6 is 0 Å². The Hall–Kier alpha value is -2.97. The molecule has 0 aliphatic carbocycles. The van der Waals surface area contributed by atoms with Gasteiger partial charge in [-0.2, -0.15) is 0 Å². The third-order valence-corrected chi connectivity index (χ3v) is 2.46. The number of carbonyl (C=O) groups is 1. The first-order chi connectivity index (χ1) is 9.40. The normalized spacial score (nSPS) is 10.3. The van der Waals surface area contributed by atoms with Crippen molar-refractivity contribution in [1.29, 1.82) is 0 Å². The second-order valence-corrected chi connectivity index (χ2v) is 3.89. The summed E-state index contributed by atoms with van der Waals surface area (Å²) < 4.78 is 18.4. The van der Waals surface area contributed by atoms with Crippen LogP contribution in [0.4, 0.5) is 21.6 Å². The zero-order valence-corrected chi connectivity index (χ0v) is 10.2. The molecule has 9 heteroatoms. The maximum atomic E-state index is 13.6. The molecule has 20 heavy (non-hydrogen) atoms. The van der Waals surface area contributed by atoms with Crippen LogP contribution in [0.3, 0.4) is 0 Å². The number of benzene rings is 1. The Bertz CT molecular complexity index is 698. The van der Waals surface area contributed by atoms with E-state index in [1.165, 1.54) is 6.07 Å². The number of nitro groups is 1. The van der Waals surface area contributed by atoms with Crippen molar-refractivity contribution in [3.05, 3.63) is 45.5 Å². The van der Waals surface area contributed by atoms with Crippen LogP contribution in [-0.2, 0) is 0 Å². The first-order valence-electron chi connectivity index (χ1n) is 5.37. The lowest BCUT2D eigenvalue weighted by Gasteiger charge is -2.06. The molecule has 0 unspecified atom stereocenters. The Labute approximate surface area is 111 Å². The van der Waals surface area contributed by atoms with Crippen molar-refractivity contribution in [2.24, 2.45) is 0 Å². The van der Waals surface area contributed by atoms with E-state index in [1.54, 1.807) is 6.92 Å². The second kappa shape index (κ2) is 4.96. The molecular weight excluding hydrogens is 271 g/mol. The van der Waals surface area contributed by atoms with E-state index in [-0.39, 0.29) is 5.82 Å². The summed E-state index contributed by atoms with van der Waals surface area (Å²) in [7, 11) is 0. The van der Waals surface area contributed by atoms with Gasteiger partial charge in [-0.1, -0.05) is 5.16 Å². The first kappa shape index (κ1) is 13.5. The molecule has 0 bridgehead atoms. The van der Waals surface area contributed by atoms with Crippen LogP contribution in [0.5, 0.6) is 0 Å². The number of hydrogen-bond acceptors (Lipinski definition) is 6. The molecule has 104 valence electrons. The molecule has 1 aromatic heterocycles. The van der Waals surface area contributed by atoms with E-state index in [0.29, 0.717) is 5.76 Å². The fourth-order valence-electron chi connectivity index (χ4n) is 1.58. The summed E-state index contributed by atoms with van der Waals surface area (Å²) in [5.41, 5.74) is 3.75. The maximum Gasteiger partial charge on any atom is 0.293 e. The number of nitrogens with two attached hydrogens (primary N) is 1. The third kappa shape index (κ3) is 2.41.